The summed E-state index contributed by atoms with van der Waals surface area (Å²) in [4.78, 5) is 38.3. The predicted molar refractivity (Wildman–Crippen MR) is 132 cm³/mol. The Morgan fingerprint density at radius 1 is 1.11 bits per heavy atom. The third-order valence-corrected chi connectivity index (χ3v) is 8.09. The Morgan fingerprint density at radius 2 is 1.97 bits per heavy atom. The summed E-state index contributed by atoms with van der Waals surface area (Å²) in [5.74, 6) is -1.98. The lowest BCUT2D eigenvalue weighted by Gasteiger charge is -2.36. The van der Waals surface area contributed by atoms with E-state index in [4.69, 9.17) is 0 Å². The van der Waals surface area contributed by atoms with Crippen molar-refractivity contribution in [2.24, 2.45) is 5.92 Å². The van der Waals surface area contributed by atoms with Gasteiger partial charge in [-0.05, 0) is 61.4 Å². The smallest absolute Gasteiger partial charge is 0.257 e. The molecule has 0 bridgehead atoms. The fourth-order valence-electron chi connectivity index (χ4n) is 6.32. The number of aromatic nitrogens is 2. The SMILES string of the molecule is O=C([C@@H]1C[C@@H]2CCCC[C@@H]2N1C(=O)c1ccc(F)cc1F)N1CC=C(c2c[nH]c3ncccc23)CC1. The second kappa shape index (κ2) is 9.15. The van der Waals surface area contributed by atoms with Crippen LogP contribution in [0.3, 0.4) is 0 Å². The summed E-state index contributed by atoms with van der Waals surface area (Å²) in [5.41, 5.74) is 2.93. The number of hydrogen-bond acceptors (Lipinski definition) is 3. The van der Waals surface area contributed by atoms with Crippen molar-refractivity contribution in [3.63, 3.8) is 0 Å². The summed E-state index contributed by atoms with van der Waals surface area (Å²) in [7, 11) is 0. The van der Waals surface area contributed by atoms with Crippen LogP contribution >= 0.6 is 0 Å². The Bertz CT molecular complexity index is 1370. The van der Waals surface area contributed by atoms with Crippen molar-refractivity contribution in [3.8, 4) is 0 Å². The van der Waals surface area contributed by atoms with E-state index in [0.717, 1.165) is 54.4 Å². The van der Waals surface area contributed by atoms with Crippen LogP contribution in [-0.4, -0.2) is 56.8 Å². The number of H-pyrrole nitrogens is 1. The highest BCUT2D eigenvalue weighted by atomic mass is 19.1. The monoisotopic (exact) mass is 490 g/mol. The molecule has 0 spiro atoms. The van der Waals surface area contributed by atoms with Crippen molar-refractivity contribution < 1.29 is 18.4 Å². The number of likely N-dealkylation sites (tertiary alicyclic amines) is 1. The number of carbonyl (C=O) groups is 2. The summed E-state index contributed by atoms with van der Waals surface area (Å²) in [5, 5.41) is 1.06. The van der Waals surface area contributed by atoms with E-state index in [9.17, 15) is 18.4 Å². The zero-order valence-electron chi connectivity index (χ0n) is 19.9. The zero-order valence-corrected chi connectivity index (χ0v) is 19.9. The molecule has 6 nitrogen and oxygen atoms in total. The van der Waals surface area contributed by atoms with Crippen LogP contribution in [0.25, 0.3) is 16.6 Å². The third-order valence-electron chi connectivity index (χ3n) is 8.09. The molecule has 2 aromatic heterocycles. The average molecular weight is 491 g/mol. The van der Waals surface area contributed by atoms with Crippen LogP contribution in [-0.2, 0) is 4.79 Å². The van der Waals surface area contributed by atoms with Gasteiger partial charge in [-0.2, -0.15) is 0 Å². The number of halogens is 2. The van der Waals surface area contributed by atoms with Gasteiger partial charge in [-0.15, -0.1) is 0 Å². The van der Waals surface area contributed by atoms with Crippen LogP contribution in [0.2, 0.25) is 0 Å². The lowest BCUT2D eigenvalue weighted by atomic mass is 9.84. The minimum atomic E-state index is -0.885. The first kappa shape index (κ1) is 22.9. The van der Waals surface area contributed by atoms with Gasteiger partial charge in [0.15, 0.2) is 0 Å². The molecule has 3 aromatic rings. The number of amides is 2. The van der Waals surface area contributed by atoms with Gasteiger partial charge in [-0.1, -0.05) is 18.9 Å². The molecule has 1 aromatic carbocycles. The first-order valence-corrected chi connectivity index (χ1v) is 12.7. The van der Waals surface area contributed by atoms with Crippen LogP contribution in [0.5, 0.6) is 0 Å². The van der Waals surface area contributed by atoms with E-state index in [1.807, 2.05) is 18.3 Å². The normalized spacial score (nSPS) is 24.1. The molecule has 3 aliphatic rings. The number of benzene rings is 1. The molecular formula is C28H28F2N4O2. The number of rotatable bonds is 3. The summed E-state index contributed by atoms with van der Waals surface area (Å²) in [6.45, 7) is 1.01. The van der Waals surface area contributed by atoms with Gasteiger partial charge in [0.1, 0.15) is 23.3 Å². The predicted octanol–water partition coefficient (Wildman–Crippen LogP) is 4.93. The van der Waals surface area contributed by atoms with Crippen molar-refractivity contribution in [1.29, 1.82) is 0 Å². The summed E-state index contributed by atoms with van der Waals surface area (Å²) in [6, 6.07) is 6.26. The molecule has 36 heavy (non-hydrogen) atoms. The number of fused-ring (bicyclic) bond motifs is 2. The molecule has 1 saturated carbocycles. The molecule has 2 fully saturated rings. The first-order valence-electron chi connectivity index (χ1n) is 12.7. The molecule has 2 amide bonds. The molecule has 3 atom stereocenters. The van der Waals surface area contributed by atoms with Crippen molar-refractivity contribution in [2.45, 2.75) is 50.6 Å². The standard InChI is InChI=1S/C28H28F2N4O2/c29-19-7-8-21(23(30)15-19)27(35)34-24-6-2-1-4-18(24)14-25(34)28(36)33-12-9-17(10-13-33)22-16-32-26-20(22)5-3-11-31-26/h3,5,7-9,11,15-16,18,24-25H,1-2,4,6,10,12-14H2,(H,31,32)/t18-,24-,25-/m0/s1. The van der Waals surface area contributed by atoms with Gasteiger partial charge in [-0.25, -0.2) is 13.8 Å². The lowest BCUT2D eigenvalue weighted by molar-refractivity contribution is -0.135. The van der Waals surface area contributed by atoms with Gasteiger partial charge in [0.25, 0.3) is 5.91 Å². The molecule has 0 radical (unpaired) electrons. The minimum absolute atomic E-state index is 0.0840. The van der Waals surface area contributed by atoms with Crippen LogP contribution in [0.15, 0.2) is 48.8 Å². The first-order chi connectivity index (χ1) is 17.5. The number of nitrogens with zero attached hydrogens (tertiary/aromatic N) is 3. The summed E-state index contributed by atoms with van der Waals surface area (Å²) < 4.78 is 28.0. The largest absolute Gasteiger partial charge is 0.346 e. The highest BCUT2D eigenvalue weighted by Crippen LogP contribution is 2.41. The Kier molecular flexibility index (Phi) is 5.82. The van der Waals surface area contributed by atoms with Crippen LogP contribution < -0.4 is 0 Å². The van der Waals surface area contributed by atoms with Crippen molar-refractivity contribution in [3.05, 3.63) is 71.6 Å². The van der Waals surface area contributed by atoms with E-state index in [-0.39, 0.29) is 23.4 Å². The van der Waals surface area contributed by atoms with Gasteiger partial charge in [0, 0.05) is 48.5 Å². The van der Waals surface area contributed by atoms with Crippen LogP contribution in [0.4, 0.5) is 8.78 Å². The van der Waals surface area contributed by atoms with Crippen LogP contribution in [0.1, 0.15) is 54.4 Å². The van der Waals surface area contributed by atoms with E-state index in [1.165, 1.54) is 11.6 Å². The molecule has 1 N–H and O–H groups in total. The highest BCUT2D eigenvalue weighted by Gasteiger charge is 2.49. The molecule has 4 heterocycles. The second-order valence-corrected chi connectivity index (χ2v) is 10.1. The topological polar surface area (TPSA) is 69.3 Å². The second-order valence-electron chi connectivity index (χ2n) is 10.1. The molecule has 186 valence electrons. The lowest BCUT2D eigenvalue weighted by Crippen LogP contribution is -2.51. The Labute approximate surface area is 208 Å². The van der Waals surface area contributed by atoms with E-state index in [2.05, 4.69) is 16.0 Å². The summed E-state index contributed by atoms with van der Waals surface area (Å²) >= 11 is 0. The van der Waals surface area contributed by atoms with Crippen LogP contribution in [0, 0.1) is 17.6 Å². The molecule has 0 unspecified atom stereocenters. The van der Waals surface area contributed by atoms with Crippen molar-refractivity contribution in [2.75, 3.05) is 13.1 Å². The fourth-order valence-corrected chi connectivity index (χ4v) is 6.32. The average Bonchev–Trinajstić information content (AvgIpc) is 3.50. The fraction of sp³-hybridized carbons (Fsp3) is 0.393. The van der Waals surface area contributed by atoms with Gasteiger partial charge >= 0.3 is 0 Å². The quantitative estimate of drug-likeness (QED) is 0.566. The third kappa shape index (κ3) is 3.88. The number of carbonyl (C=O) groups excluding carboxylic acids is 2. The Morgan fingerprint density at radius 3 is 2.78 bits per heavy atom. The number of nitrogens with one attached hydrogen (secondary N) is 1. The van der Waals surface area contributed by atoms with Crippen molar-refractivity contribution in [1.82, 2.24) is 19.8 Å². The Balaban J connectivity index is 1.25. The van der Waals surface area contributed by atoms with E-state index < -0.39 is 23.6 Å². The number of pyridine rings is 1. The van der Waals surface area contributed by atoms with Gasteiger partial charge in [-0.3, -0.25) is 9.59 Å². The maximum absolute atomic E-state index is 14.6. The molecule has 1 saturated heterocycles. The van der Waals surface area contributed by atoms with Gasteiger partial charge < -0.3 is 14.8 Å². The molecule has 8 heteroatoms. The Hall–Kier alpha value is -3.55. The highest BCUT2D eigenvalue weighted by molar-refractivity contribution is 5.99. The zero-order chi connectivity index (χ0) is 24.8. The van der Waals surface area contributed by atoms with E-state index in [0.29, 0.717) is 25.9 Å². The minimum Gasteiger partial charge on any atom is -0.346 e. The van der Waals surface area contributed by atoms with Gasteiger partial charge in [0.2, 0.25) is 5.91 Å². The number of hydrogen-bond donors (Lipinski definition) is 1. The summed E-state index contributed by atoms with van der Waals surface area (Å²) in [6.07, 6.45) is 10.9. The van der Waals surface area contributed by atoms with E-state index in [1.54, 1.807) is 16.0 Å². The molecular weight excluding hydrogens is 462 g/mol. The molecule has 6 rings (SSSR count). The molecule has 2 aliphatic heterocycles. The van der Waals surface area contributed by atoms with Crippen molar-refractivity contribution >= 4 is 28.4 Å². The maximum Gasteiger partial charge on any atom is 0.257 e. The molecule has 1 aliphatic carbocycles. The van der Waals surface area contributed by atoms with E-state index >= 15 is 0 Å². The van der Waals surface area contributed by atoms with Gasteiger partial charge in [0.05, 0.1) is 5.56 Å². The maximum atomic E-state index is 14.6. The number of aromatic amines is 1.